The second-order valence-electron chi connectivity index (χ2n) is 7.31. The zero-order chi connectivity index (χ0) is 22.7. The van der Waals surface area contributed by atoms with Crippen molar-refractivity contribution in [2.75, 3.05) is 25.1 Å². The predicted octanol–water partition coefficient (Wildman–Crippen LogP) is 2.09. The highest BCUT2D eigenvalue weighted by Gasteiger charge is 2.23. The van der Waals surface area contributed by atoms with Gasteiger partial charge in [-0.15, -0.1) is 11.3 Å². The third-order valence-corrected chi connectivity index (χ3v) is 6.18. The molecule has 0 aliphatic carbocycles. The van der Waals surface area contributed by atoms with Gasteiger partial charge in [-0.3, -0.25) is 14.9 Å². The van der Waals surface area contributed by atoms with Gasteiger partial charge >= 0.3 is 0 Å². The Kier molecular flexibility index (Phi) is 6.68. The van der Waals surface area contributed by atoms with Gasteiger partial charge in [0.2, 0.25) is 11.9 Å². The molecule has 2 amide bonds. The number of nitrogens with two attached hydrogens (primary N) is 1. The van der Waals surface area contributed by atoms with E-state index < -0.39 is 5.91 Å². The average Bonchev–Trinajstić information content (AvgIpc) is 3.34. The molecular weight excluding hydrogens is 434 g/mol. The molecule has 3 aromatic rings. The lowest BCUT2D eigenvalue weighted by Crippen LogP contribution is -2.17. The number of rotatable bonds is 5. The number of imidazole rings is 1. The van der Waals surface area contributed by atoms with E-state index in [2.05, 4.69) is 15.3 Å². The molecule has 3 heterocycles. The molecule has 4 rings (SSSR count). The minimum Gasteiger partial charge on any atom is -0.491 e. The Hall–Kier alpha value is -3.02. The zero-order valence-corrected chi connectivity index (χ0v) is 18.5. The quantitative estimate of drug-likeness (QED) is 0.530. The first-order valence-corrected chi connectivity index (χ1v) is 11.3. The van der Waals surface area contributed by atoms with E-state index in [1.54, 1.807) is 12.1 Å². The van der Waals surface area contributed by atoms with Crippen LogP contribution in [-0.2, 0) is 24.3 Å². The smallest absolute Gasteiger partial charge is 0.269 e. The fourth-order valence-corrected chi connectivity index (χ4v) is 4.52. The molecular formula is C21H25N5O5S. The lowest BCUT2D eigenvalue weighted by molar-refractivity contribution is 0.0996. The first kappa shape index (κ1) is 22.2. The molecule has 10 nitrogen and oxygen atoms in total. The number of benzene rings is 1. The Balaban J connectivity index is 1.78. The van der Waals surface area contributed by atoms with Crippen molar-refractivity contribution in [3.05, 3.63) is 33.3 Å². The van der Waals surface area contributed by atoms with Crippen LogP contribution in [0.1, 0.15) is 50.5 Å². The third kappa shape index (κ3) is 4.45. The fraction of sp³-hybridized carbons (Fsp3) is 0.429. The van der Waals surface area contributed by atoms with Crippen LogP contribution in [0.5, 0.6) is 5.75 Å². The molecule has 170 valence electrons. The Morgan fingerprint density at radius 1 is 1.25 bits per heavy atom. The number of thiazole rings is 1. The molecule has 0 fully saturated rings. The van der Waals surface area contributed by atoms with Gasteiger partial charge < -0.3 is 24.9 Å². The normalized spacial score (nSPS) is 14.6. The number of aliphatic hydroxyl groups is 1. The van der Waals surface area contributed by atoms with Crippen LogP contribution in [-0.4, -0.2) is 51.3 Å². The number of hydrogen-bond acceptors (Lipinski definition) is 8. The van der Waals surface area contributed by atoms with E-state index in [-0.39, 0.29) is 18.1 Å². The summed E-state index contributed by atoms with van der Waals surface area (Å²) in [6.45, 7) is 3.77. The molecule has 0 saturated carbocycles. The first-order chi connectivity index (χ1) is 15.5. The highest BCUT2D eigenvalue weighted by Crippen LogP contribution is 2.32. The molecule has 0 unspecified atom stereocenters. The van der Waals surface area contributed by atoms with Crippen molar-refractivity contribution in [2.45, 2.75) is 39.3 Å². The monoisotopic (exact) mass is 459 g/mol. The molecule has 0 saturated heterocycles. The summed E-state index contributed by atoms with van der Waals surface area (Å²) in [7, 11) is 0. The van der Waals surface area contributed by atoms with Crippen molar-refractivity contribution < 1.29 is 24.2 Å². The number of primary amides is 1. The average molecular weight is 460 g/mol. The lowest BCUT2D eigenvalue weighted by Gasteiger charge is -2.12. The van der Waals surface area contributed by atoms with Crippen LogP contribution in [0.25, 0.3) is 11.0 Å². The summed E-state index contributed by atoms with van der Waals surface area (Å²) in [5.41, 5.74) is 7.59. The highest BCUT2D eigenvalue weighted by molar-refractivity contribution is 7.13. The summed E-state index contributed by atoms with van der Waals surface area (Å²) in [5.74, 6) is -0.121. The van der Waals surface area contributed by atoms with Crippen LogP contribution in [0, 0.1) is 0 Å². The maximum Gasteiger partial charge on any atom is 0.269 e. The van der Waals surface area contributed by atoms with E-state index >= 15 is 0 Å². The van der Waals surface area contributed by atoms with Crippen molar-refractivity contribution in [3.8, 4) is 5.75 Å². The molecule has 1 aliphatic rings. The predicted molar refractivity (Wildman–Crippen MR) is 119 cm³/mol. The molecule has 1 aliphatic heterocycles. The van der Waals surface area contributed by atoms with Crippen LogP contribution in [0.2, 0.25) is 0 Å². The summed E-state index contributed by atoms with van der Waals surface area (Å²) >= 11 is 1.16. The van der Waals surface area contributed by atoms with Crippen LogP contribution in [0.3, 0.4) is 0 Å². The van der Waals surface area contributed by atoms with E-state index in [0.29, 0.717) is 83.9 Å². The van der Waals surface area contributed by atoms with E-state index in [1.807, 2.05) is 11.5 Å². The summed E-state index contributed by atoms with van der Waals surface area (Å²) in [4.78, 5) is 34.2. The molecule has 0 bridgehead atoms. The topological polar surface area (TPSA) is 142 Å². The van der Waals surface area contributed by atoms with Gasteiger partial charge in [0.25, 0.3) is 5.91 Å². The minimum absolute atomic E-state index is 0.222. The van der Waals surface area contributed by atoms with Crippen molar-refractivity contribution in [1.29, 1.82) is 0 Å². The number of nitrogens with one attached hydrogen (secondary N) is 1. The Morgan fingerprint density at radius 3 is 2.81 bits per heavy atom. The largest absolute Gasteiger partial charge is 0.491 e. The van der Waals surface area contributed by atoms with E-state index in [9.17, 15) is 14.7 Å². The van der Waals surface area contributed by atoms with Gasteiger partial charge in [-0.1, -0.05) is 6.92 Å². The fourth-order valence-electron chi connectivity index (χ4n) is 3.61. The second-order valence-corrected chi connectivity index (χ2v) is 8.39. The molecule has 1 aromatic carbocycles. The van der Waals surface area contributed by atoms with Crippen molar-refractivity contribution in [1.82, 2.24) is 14.5 Å². The Labute approximate surface area is 188 Å². The summed E-state index contributed by atoms with van der Waals surface area (Å²) < 4.78 is 13.4. The minimum atomic E-state index is -0.585. The molecule has 0 radical (unpaired) electrons. The molecule has 4 N–H and O–H groups in total. The van der Waals surface area contributed by atoms with Gasteiger partial charge in [-0.25, -0.2) is 9.97 Å². The number of anilines is 1. The zero-order valence-electron chi connectivity index (χ0n) is 17.7. The molecule has 0 spiro atoms. The maximum absolute atomic E-state index is 13.1. The Morgan fingerprint density at radius 2 is 2.06 bits per heavy atom. The number of aliphatic hydroxyl groups excluding tert-OH is 1. The number of aromatic nitrogens is 3. The van der Waals surface area contributed by atoms with Gasteiger partial charge in [0.1, 0.15) is 21.2 Å². The van der Waals surface area contributed by atoms with Crippen molar-refractivity contribution >= 4 is 40.1 Å². The van der Waals surface area contributed by atoms with Crippen LogP contribution < -0.4 is 15.8 Å². The number of ether oxygens (including phenoxy) is 2. The van der Waals surface area contributed by atoms with E-state index in [1.165, 1.54) is 0 Å². The van der Waals surface area contributed by atoms with E-state index in [4.69, 9.17) is 15.2 Å². The van der Waals surface area contributed by atoms with Crippen molar-refractivity contribution in [3.63, 3.8) is 0 Å². The van der Waals surface area contributed by atoms with Crippen molar-refractivity contribution in [2.24, 2.45) is 5.73 Å². The first-order valence-electron chi connectivity index (χ1n) is 10.5. The lowest BCUT2D eigenvalue weighted by atomic mass is 10.1. The molecule has 11 heteroatoms. The summed E-state index contributed by atoms with van der Waals surface area (Å²) in [5, 5.41) is 12.8. The molecule has 32 heavy (non-hydrogen) atoms. The number of carbonyl (C=O) groups is 2. The van der Waals surface area contributed by atoms with Crippen LogP contribution in [0.4, 0.5) is 5.95 Å². The van der Waals surface area contributed by atoms with Gasteiger partial charge in [-0.05, 0) is 25.0 Å². The summed E-state index contributed by atoms with van der Waals surface area (Å²) in [6.07, 6.45) is 1.98. The number of carbonyl (C=O) groups excluding carboxylic acids is 2. The number of hydrogen-bond donors (Lipinski definition) is 3. The standard InChI is InChI=1S/C21H25N5O5S/c1-2-13-18(32-16(11-27)23-13)20(29)25-21-24-14-9-12(19(22)28)10-15-17(14)26(21)5-3-6-30-7-4-8-31-15/h9-10,27H,2-8,11H2,1H3,(H2,22,28)(H,24,25,29). The Bertz CT molecular complexity index is 1160. The van der Waals surface area contributed by atoms with E-state index in [0.717, 1.165) is 11.3 Å². The van der Waals surface area contributed by atoms with Gasteiger partial charge in [0, 0.05) is 31.7 Å². The molecule has 0 atom stereocenters. The summed E-state index contributed by atoms with van der Waals surface area (Å²) in [6, 6.07) is 3.21. The van der Waals surface area contributed by atoms with Gasteiger partial charge in [0.15, 0.2) is 0 Å². The van der Waals surface area contributed by atoms with Crippen LogP contribution >= 0.6 is 11.3 Å². The third-order valence-electron chi connectivity index (χ3n) is 5.10. The maximum atomic E-state index is 13.1. The molecule has 2 aromatic heterocycles. The second kappa shape index (κ2) is 9.63. The number of amides is 2. The highest BCUT2D eigenvalue weighted by atomic mass is 32.1. The van der Waals surface area contributed by atoms with Gasteiger partial charge in [0.05, 0.1) is 24.4 Å². The van der Waals surface area contributed by atoms with Gasteiger partial charge in [-0.2, -0.15) is 0 Å². The van der Waals surface area contributed by atoms with Crippen LogP contribution in [0.15, 0.2) is 12.1 Å². The number of nitrogens with zero attached hydrogens (tertiary/aromatic N) is 3. The SMILES string of the molecule is CCc1nc(CO)sc1C(=O)Nc1nc2cc(C(N)=O)cc3c2n1CCCOCCCO3. The number of aryl methyl sites for hydroxylation is 2.